The molecule has 0 radical (unpaired) electrons. The Hall–Kier alpha value is -8.61. The zero-order valence-corrected chi connectivity index (χ0v) is 33.7. The third-order valence-electron chi connectivity index (χ3n) is 12.3. The molecule has 0 amide bonds. The minimum Gasteiger partial charge on any atom is -0.456 e. The Balaban J connectivity index is 1.09. The fraction of sp³-hybridized carbons (Fsp3) is 0. The second-order valence-electron chi connectivity index (χ2n) is 15.9. The van der Waals surface area contributed by atoms with E-state index in [1.165, 1.54) is 21.9 Å². The van der Waals surface area contributed by atoms with Gasteiger partial charge in [-0.15, -0.1) is 0 Å². The second-order valence-corrected chi connectivity index (χ2v) is 15.9. The van der Waals surface area contributed by atoms with Crippen molar-refractivity contribution in [1.29, 1.82) is 0 Å². The Kier molecular flexibility index (Phi) is 7.80. The predicted octanol–water partition coefficient (Wildman–Crippen LogP) is 15.1. The standard InChI is InChI=1S/C57H34N4O2/c1-4-15-35(16-5-1)38-28-32-48-46(33-38)40-21-10-12-24-47(40)61(48)49-25-14-23-43-44-30-31-45(57-59-55(36-17-6-2-7-18-36)58-56(60-57)37-19-8-3-9-20-37)52(54(44)63-53(43)49)39-27-29-42-41-22-11-13-26-50(41)62-51(42)34-39/h1-34H. The van der Waals surface area contributed by atoms with Crippen molar-refractivity contribution < 1.29 is 8.83 Å². The molecule has 4 aromatic heterocycles. The maximum Gasteiger partial charge on any atom is 0.164 e. The van der Waals surface area contributed by atoms with Gasteiger partial charge in [0, 0.05) is 54.6 Å². The van der Waals surface area contributed by atoms with Crippen molar-refractivity contribution in [3.8, 4) is 62.1 Å². The van der Waals surface area contributed by atoms with Gasteiger partial charge < -0.3 is 13.4 Å². The van der Waals surface area contributed by atoms with Crippen LogP contribution in [-0.4, -0.2) is 19.5 Å². The van der Waals surface area contributed by atoms with Gasteiger partial charge in [-0.3, -0.25) is 0 Å². The molecule has 0 unspecified atom stereocenters. The van der Waals surface area contributed by atoms with E-state index in [0.717, 1.165) is 88.4 Å². The van der Waals surface area contributed by atoms with E-state index in [0.29, 0.717) is 17.5 Å². The minimum atomic E-state index is 0.543. The van der Waals surface area contributed by atoms with Gasteiger partial charge >= 0.3 is 0 Å². The number of furan rings is 2. The lowest BCUT2D eigenvalue weighted by Gasteiger charge is -2.13. The van der Waals surface area contributed by atoms with Crippen LogP contribution in [0.3, 0.4) is 0 Å². The Bertz CT molecular complexity index is 3850. The van der Waals surface area contributed by atoms with Crippen LogP contribution in [0.4, 0.5) is 0 Å². The number of fused-ring (bicyclic) bond motifs is 9. The van der Waals surface area contributed by atoms with Crippen molar-refractivity contribution in [2.45, 2.75) is 0 Å². The lowest BCUT2D eigenvalue weighted by Crippen LogP contribution is -2.01. The number of aromatic nitrogens is 4. The van der Waals surface area contributed by atoms with Gasteiger partial charge in [-0.25, -0.2) is 15.0 Å². The number of rotatable bonds is 6. The van der Waals surface area contributed by atoms with Gasteiger partial charge in [0.2, 0.25) is 0 Å². The lowest BCUT2D eigenvalue weighted by molar-refractivity contribution is 0.667. The topological polar surface area (TPSA) is 69.9 Å². The van der Waals surface area contributed by atoms with Crippen LogP contribution in [0, 0.1) is 0 Å². The first-order chi connectivity index (χ1) is 31.2. The normalized spacial score (nSPS) is 11.8. The van der Waals surface area contributed by atoms with E-state index in [-0.39, 0.29) is 0 Å². The molecule has 13 aromatic rings. The smallest absolute Gasteiger partial charge is 0.164 e. The highest BCUT2D eigenvalue weighted by atomic mass is 16.3. The number of para-hydroxylation sites is 3. The summed E-state index contributed by atoms with van der Waals surface area (Å²) in [6.07, 6.45) is 0. The monoisotopic (exact) mass is 806 g/mol. The average Bonchev–Trinajstić information content (AvgIpc) is 4.03. The van der Waals surface area contributed by atoms with Crippen molar-refractivity contribution in [3.63, 3.8) is 0 Å². The van der Waals surface area contributed by atoms with Crippen molar-refractivity contribution in [3.05, 3.63) is 206 Å². The summed E-state index contributed by atoms with van der Waals surface area (Å²) >= 11 is 0. The number of benzene rings is 9. The molecule has 0 aliphatic carbocycles. The second kappa shape index (κ2) is 14.0. The zero-order valence-electron chi connectivity index (χ0n) is 33.7. The van der Waals surface area contributed by atoms with Gasteiger partial charge in [-0.2, -0.15) is 0 Å². The van der Waals surface area contributed by atoms with Crippen molar-refractivity contribution in [2.75, 3.05) is 0 Å². The Morgan fingerprint density at radius 3 is 1.65 bits per heavy atom. The first-order valence-corrected chi connectivity index (χ1v) is 21.1. The maximum atomic E-state index is 7.32. The highest BCUT2D eigenvalue weighted by molar-refractivity contribution is 6.17. The highest BCUT2D eigenvalue weighted by Gasteiger charge is 2.24. The molecule has 0 atom stereocenters. The summed E-state index contributed by atoms with van der Waals surface area (Å²) in [5, 5.41) is 6.49. The highest BCUT2D eigenvalue weighted by Crippen LogP contribution is 2.46. The fourth-order valence-electron chi connectivity index (χ4n) is 9.35. The fourth-order valence-corrected chi connectivity index (χ4v) is 9.35. The molecule has 0 saturated heterocycles. The molecule has 0 saturated carbocycles. The van der Waals surface area contributed by atoms with Gasteiger partial charge in [0.15, 0.2) is 23.1 Å². The SMILES string of the molecule is c1ccc(-c2ccc3c(c2)c2ccccc2n3-c2cccc3c2oc2c(-c4ccc5c(c4)oc4ccccc45)c(-c4nc(-c5ccccc5)nc(-c5ccccc5)n4)ccc23)cc1. The number of hydrogen-bond donors (Lipinski definition) is 0. The Morgan fingerprint density at radius 1 is 0.317 bits per heavy atom. The van der Waals surface area contributed by atoms with Crippen LogP contribution >= 0.6 is 0 Å². The van der Waals surface area contributed by atoms with Crippen LogP contribution in [0.2, 0.25) is 0 Å². The molecule has 0 aliphatic heterocycles. The van der Waals surface area contributed by atoms with E-state index < -0.39 is 0 Å². The van der Waals surface area contributed by atoms with E-state index in [4.69, 9.17) is 23.8 Å². The summed E-state index contributed by atoms with van der Waals surface area (Å²) in [5.41, 5.74) is 13.1. The van der Waals surface area contributed by atoms with Crippen LogP contribution in [0.5, 0.6) is 0 Å². The Labute approximate surface area is 361 Å². The van der Waals surface area contributed by atoms with Crippen LogP contribution in [0.25, 0.3) is 128 Å². The van der Waals surface area contributed by atoms with E-state index in [9.17, 15) is 0 Å². The van der Waals surface area contributed by atoms with Crippen molar-refractivity contribution in [1.82, 2.24) is 19.5 Å². The summed E-state index contributed by atoms with van der Waals surface area (Å²) in [5.74, 6) is 1.72. The molecular formula is C57H34N4O2. The largest absolute Gasteiger partial charge is 0.456 e. The molecule has 6 nitrogen and oxygen atoms in total. The molecule has 0 fully saturated rings. The van der Waals surface area contributed by atoms with Crippen molar-refractivity contribution in [2.24, 2.45) is 0 Å². The first kappa shape index (κ1) is 35.2. The molecule has 0 N–H and O–H groups in total. The van der Waals surface area contributed by atoms with Gasteiger partial charge in [-0.1, -0.05) is 152 Å². The van der Waals surface area contributed by atoms with E-state index in [2.05, 4.69) is 132 Å². The third kappa shape index (κ3) is 5.62. The van der Waals surface area contributed by atoms with Gasteiger partial charge in [0.25, 0.3) is 0 Å². The molecule has 294 valence electrons. The molecule has 0 bridgehead atoms. The molecule has 0 aliphatic rings. The van der Waals surface area contributed by atoms with Crippen LogP contribution < -0.4 is 0 Å². The summed E-state index contributed by atoms with van der Waals surface area (Å²) in [6.45, 7) is 0. The summed E-state index contributed by atoms with van der Waals surface area (Å²) in [7, 11) is 0. The van der Waals surface area contributed by atoms with Gasteiger partial charge in [0.05, 0.1) is 16.7 Å². The lowest BCUT2D eigenvalue weighted by atomic mass is 9.95. The molecular weight excluding hydrogens is 773 g/mol. The van der Waals surface area contributed by atoms with E-state index in [1.807, 2.05) is 78.9 Å². The number of hydrogen-bond acceptors (Lipinski definition) is 5. The van der Waals surface area contributed by atoms with Crippen molar-refractivity contribution >= 4 is 65.7 Å². The zero-order chi connectivity index (χ0) is 41.4. The van der Waals surface area contributed by atoms with E-state index in [1.54, 1.807) is 0 Å². The summed E-state index contributed by atoms with van der Waals surface area (Å²) in [4.78, 5) is 15.4. The Morgan fingerprint density at radius 2 is 0.889 bits per heavy atom. The summed E-state index contributed by atoms with van der Waals surface area (Å²) in [6, 6.07) is 71.4. The van der Waals surface area contributed by atoms with Gasteiger partial charge in [-0.05, 0) is 71.3 Å². The molecule has 9 aromatic carbocycles. The maximum absolute atomic E-state index is 7.32. The van der Waals surface area contributed by atoms with Crippen LogP contribution in [-0.2, 0) is 0 Å². The van der Waals surface area contributed by atoms with Gasteiger partial charge in [0.1, 0.15) is 16.7 Å². The third-order valence-corrected chi connectivity index (χ3v) is 12.3. The molecule has 6 heteroatoms. The average molecular weight is 807 g/mol. The minimum absolute atomic E-state index is 0.543. The number of nitrogens with zero attached hydrogens (tertiary/aromatic N) is 4. The molecule has 13 rings (SSSR count). The molecule has 63 heavy (non-hydrogen) atoms. The van der Waals surface area contributed by atoms with Crippen LogP contribution in [0.15, 0.2) is 215 Å². The predicted molar refractivity (Wildman–Crippen MR) is 256 cm³/mol. The van der Waals surface area contributed by atoms with E-state index >= 15 is 0 Å². The summed E-state index contributed by atoms with van der Waals surface area (Å²) < 4.78 is 16.2. The molecule has 4 heterocycles. The van der Waals surface area contributed by atoms with Crippen LogP contribution in [0.1, 0.15) is 0 Å². The molecule has 0 spiro atoms. The quantitative estimate of drug-likeness (QED) is 0.167. The first-order valence-electron chi connectivity index (χ1n) is 21.1.